The molecule has 0 amide bonds. The standard InChI is InChI=1S/C16H24F3NO/c1-4-9-20-15(10-12(2)11-21-3)13-7-5-6-8-14(13)16(17,18)19/h5-8,12,15,20H,4,9-11H2,1-3H3. The van der Waals surface area contributed by atoms with Gasteiger partial charge in [0.05, 0.1) is 5.56 Å². The number of benzene rings is 1. The average molecular weight is 303 g/mol. The monoisotopic (exact) mass is 303 g/mol. The van der Waals surface area contributed by atoms with E-state index in [9.17, 15) is 13.2 Å². The summed E-state index contributed by atoms with van der Waals surface area (Å²) in [6, 6.07) is 5.49. The molecule has 1 aromatic rings. The molecular weight excluding hydrogens is 279 g/mol. The minimum absolute atomic E-state index is 0.186. The number of rotatable bonds is 8. The van der Waals surface area contributed by atoms with Crippen molar-refractivity contribution in [2.45, 2.75) is 38.9 Å². The Hall–Kier alpha value is -1.07. The highest BCUT2D eigenvalue weighted by atomic mass is 19.4. The van der Waals surface area contributed by atoms with Crippen LogP contribution < -0.4 is 5.32 Å². The second kappa shape index (κ2) is 8.39. The lowest BCUT2D eigenvalue weighted by molar-refractivity contribution is -0.138. The topological polar surface area (TPSA) is 21.3 Å². The Balaban J connectivity index is 3.02. The van der Waals surface area contributed by atoms with Gasteiger partial charge in [0.2, 0.25) is 0 Å². The third-order valence-electron chi connectivity index (χ3n) is 3.37. The molecule has 0 radical (unpaired) electrons. The van der Waals surface area contributed by atoms with E-state index < -0.39 is 11.7 Å². The van der Waals surface area contributed by atoms with Gasteiger partial charge in [0.25, 0.3) is 0 Å². The van der Waals surface area contributed by atoms with Crippen LogP contribution in [0.1, 0.15) is 43.9 Å². The number of hydrogen-bond donors (Lipinski definition) is 1. The SMILES string of the molecule is CCCNC(CC(C)COC)c1ccccc1C(F)(F)F. The molecule has 0 heterocycles. The summed E-state index contributed by atoms with van der Waals surface area (Å²) >= 11 is 0. The number of ether oxygens (including phenoxy) is 1. The summed E-state index contributed by atoms with van der Waals surface area (Å²) in [4.78, 5) is 0. The predicted octanol–water partition coefficient (Wildman–Crippen LogP) is 4.42. The minimum atomic E-state index is -4.33. The minimum Gasteiger partial charge on any atom is -0.384 e. The second-order valence-electron chi connectivity index (χ2n) is 5.39. The van der Waals surface area contributed by atoms with Crippen molar-refractivity contribution < 1.29 is 17.9 Å². The third kappa shape index (κ3) is 5.67. The van der Waals surface area contributed by atoms with Gasteiger partial charge in [0.1, 0.15) is 0 Å². The van der Waals surface area contributed by atoms with E-state index in [1.54, 1.807) is 19.2 Å². The molecule has 0 aliphatic heterocycles. The van der Waals surface area contributed by atoms with Gasteiger partial charge in [-0.2, -0.15) is 13.2 Å². The molecule has 2 nitrogen and oxygen atoms in total. The normalized spacial score (nSPS) is 15.0. The van der Waals surface area contributed by atoms with Gasteiger partial charge in [0.15, 0.2) is 0 Å². The zero-order chi connectivity index (χ0) is 15.9. The van der Waals surface area contributed by atoms with Crippen molar-refractivity contribution in [2.75, 3.05) is 20.3 Å². The molecule has 1 aromatic carbocycles. The van der Waals surface area contributed by atoms with Gasteiger partial charge in [-0.1, -0.05) is 32.0 Å². The zero-order valence-electron chi connectivity index (χ0n) is 12.8. The van der Waals surface area contributed by atoms with E-state index in [0.717, 1.165) is 12.5 Å². The number of alkyl halides is 3. The Kier molecular flexibility index (Phi) is 7.18. The first kappa shape index (κ1) is 18.0. The molecule has 21 heavy (non-hydrogen) atoms. The van der Waals surface area contributed by atoms with Crippen LogP contribution in [0.3, 0.4) is 0 Å². The summed E-state index contributed by atoms with van der Waals surface area (Å²) < 4.78 is 44.6. The maximum atomic E-state index is 13.2. The van der Waals surface area contributed by atoms with Crippen molar-refractivity contribution in [1.82, 2.24) is 5.32 Å². The van der Waals surface area contributed by atoms with Crippen molar-refractivity contribution in [1.29, 1.82) is 0 Å². The van der Waals surface area contributed by atoms with E-state index in [1.165, 1.54) is 6.07 Å². The van der Waals surface area contributed by atoms with Crippen LogP contribution >= 0.6 is 0 Å². The van der Waals surface area contributed by atoms with Crippen LogP contribution in [0.4, 0.5) is 13.2 Å². The first-order valence-corrected chi connectivity index (χ1v) is 7.28. The molecule has 1 rings (SSSR count). The molecule has 2 unspecified atom stereocenters. The number of nitrogens with one attached hydrogen (secondary N) is 1. The smallest absolute Gasteiger partial charge is 0.384 e. The maximum absolute atomic E-state index is 13.2. The molecule has 0 bridgehead atoms. The second-order valence-corrected chi connectivity index (χ2v) is 5.39. The van der Waals surface area contributed by atoms with Gasteiger partial charge < -0.3 is 10.1 Å². The Labute approximate surface area is 124 Å². The molecule has 5 heteroatoms. The van der Waals surface area contributed by atoms with E-state index in [4.69, 9.17) is 4.74 Å². The van der Waals surface area contributed by atoms with Crippen LogP contribution in [0.2, 0.25) is 0 Å². The van der Waals surface area contributed by atoms with E-state index in [0.29, 0.717) is 25.1 Å². The van der Waals surface area contributed by atoms with Crippen LogP contribution in [0.5, 0.6) is 0 Å². The van der Waals surface area contributed by atoms with Gasteiger partial charge in [0, 0.05) is 19.8 Å². The van der Waals surface area contributed by atoms with Gasteiger partial charge in [-0.15, -0.1) is 0 Å². The average Bonchev–Trinajstić information content (AvgIpc) is 2.43. The molecule has 0 aromatic heterocycles. The Morgan fingerprint density at radius 2 is 1.90 bits per heavy atom. The molecule has 120 valence electrons. The van der Waals surface area contributed by atoms with Gasteiger partial charge in [-0.05, 0) is 36.9 Å². The van der Waals surface area contributed by atoms with E-state index >= 15 is 0 Å². The highest BCUT2D eigenvalue weighted by Gasteiger charge is 2.35. The summed E-state index contributed by atoms with van der Waals surface area (Å²) in [5, 5.41) is 3.23. The first-order valence-electron chi connectivity index (χ1n) is 7.28. The molecular formula is C16H24F3NO. The van der Waals surface area contributed by atoms with Gasteiger partial charge >= 0.3 is 6.18 Å². The fourth-order valence-electron chi connectivity index (χ4n) is 2.45. The van der Waals surface area contributed by atoms with E-state index in [2.05, 4.69) is 5.32 Å². The Morgan fingerprint density at radius 1 is 1.24 bits per heavy atom. The lowest BCUT2D eigenvalue weighted by atomic mass is 9.92. The van der Waals surface area contributed by atoms with Crippen molar-refractivity contribution in [3.8, 4) is 0 Å². The van der Waals surface area contributed by atoms with Crippen molar-refractivity contribution >= 4 is 0 Å². The highest BCUT2D eigenvalue weighted by molar-refractivity contribution is 5.32. The fourth-order valence-corrected chi connectivity index (χ4v) is 2.45. The quantitative estimate of drug-likeness (QED) is 0.767. The summed E-state index contributed by atoms with van der Waals surface area (Å²) in [7, 11) is 1.61. The van der Waals surface area contributed by atoms with Crippen molar-refractivity contribution in [2.24, 2.45) is 5.92 Å². The Morgan fingerprint density at radius 3 is 2.48 bits per heavy atom. The summed E-state index contributed by atoms with van der Waals surface area (Å²) in [6.07, 6.45) is -2.84. The summed E-state index contributed by atoms with van der Waals surface area (Å²) in [6.45, 7) is 5.22. The van der Waals surface area contributed by atoms with Crippen molar-refractivity contribution in [3.05, 3.63) is 35.4 Å². The number of hydrogen-bond acceptors (Lipinski definition) is 2. The molecule has 0 saturated carbocycles. The van der Waals surface area contributed by atoms with Crippen molar-refractivity contribution in [3.63, 3.8) is 0 Å². The van der Waals surface area contributed by atoms with Crippen LogP contribution in [0, 0.1) is 5.92 Å². The molecule has 1 N–H and O–H groups in total. The van der Waals surface area contributed by atoms with Gasteiger partial charge in [-0.3, -0.25) is 0 Å². The zero-order valence-corrected chi connectivity index (χ0v) is 12.8. The highest BCUT2D eigenvalue weighted by Crippen LogP contribution is 2.36. The molecule has 0 saturated heterocycles. The first-order chi connectivity index (χ1) is 9.90. The van der Waals surface area contributed by atoms with Crippen LogP contribution in [0.25, 0.3) is 0 Å². The van der Waals surface area contributed by atoms with Crippen LogP contribution in [-0.4, -0.2) is 20.3 Å². The largest absolute Gasteiger partial charge is 0.416 e. The van der Waals surface area contributed by atoms with Crippen LogP contribution in [-0.2, 0) is 10.9 Å². The maximum Gasteiger partial charge on any atom is 0.416 e. The third-order valence-corrected chi connectivity index (χ3v) is 3.37. The van der Waals surface area contributed by atoms with Gasteiger partial charge in [-0.25, -0.2) is 0 Å². The molecule has 0 fully saturated rings. The van der Waals surface area contributed by atoms with Crippen LogP contribution in [0.15, 0.2) is 24.3 Å². The summed E-state index contributed by atoms with van der Waals surface area (Å²) in [5.74, 6) is 0.186. The number of methoxy groups -OCH3 is 1. The molecule has 0 aliphatic rings. The summed E-state index contributed by atoms with van der Waals surface area (Å²) in [5.41, 5.74) is -0.232. The van der Waals surface area contributed by atoms with E-state index in [-0.39, 0.29) is 12.0 Å². The lowest BCUT2D eigenvalue weighted by Gasteiger charge is -2.25. The molecule has 2 atom stereocenters. The predicted molar refractivity (Wildman–Crippen MR) is 78.1 cm³/mol. The lowest BCUT2D eigenvalue weighted by Crippen LogP contribution is -2.27. The molecule has 0 spiro atoms. The number of halogens is 3. The Bertz CT molecular complexity index is 420. The van der Waals surface area contributed by atoms with E-state index in [1.807, 2.05) is 13.8 Å². The fraction of sp³-hybridized carbons (Fsp3) is 0.625. The molecule has 0 aliphatic carbocycles.